The van der Waals surface area contributed by atoms with E-state index in [0.29, 0.717) is 12.1 Å². The molecule has 0 spiro atoms. The highest BCUT2D eigenvalue weighted by molar-refractivity contribution is 7.89. The van der Waals surface area contributed by atoms with Gasteiger partial charge in [-0.15, -0.1) is 0 Å². The first kappa shape index (κ1) is 21.1. The largest absolute Gasteiger partial charge is 0.294 e. The van der Waals surface area contributed by atoms with Gasteiger partial charge in [0.15, 0.2) is 5.78 Å². The van der Waals surface area contributed by atoms with Gasteiger partial charge in [-0.2, -0.15) is 4.31 Å². The Kier molecular flexibility index (Phi) is 5.48. The SMILES string of the molecule is Cc1ccc(S(=O)(=O)N2CC3=CCCC[C@H]3[C@H](C(=O)c3cccc4ccccc34)C2)cc1. The van der Waals surface area contributed by atoms with Crippen LogP contribution < -0.4 is 0 Å². The molecule has 4 nitrogen and oxygen atoms in total. The summed E-state index contributed by atoms with van der Waals surface area (Å²) in [5.74, 6) is -0.218. The molecule has 3 aromatic carbocycles. The molecule has 1 fully saturated rings. The fourth-order valence-electron chi connectivity index (χ4n) is 5.17. The molecule has 0 aromatic heterocycles. The minimum Gasteiger partial charge on any atom is -0.294 e. The summed E-state index contributed by atoms with van der Waals surface area (Å²) in [6.07, 6.45) is 5.08. The molecule has 0 N–H and O–H groups in total. The van der Waals surface area contributed by atoms with Crippen molar-refractivity contribution in [3.05, 3.63) is 89.5 Å². The number of aryl methyl sites for hydroxylation is 1. The summed E-state index contributed by atoms with van der Waals surface area (Å²) in [7, 11) is -3.68. The summed E-state index contributed by atoms with van der Waals surface area (Å²) in [5.41, 5.74) is 2.80. The first-order chi connectivity index (χ1) is 15.4. The van der Waals surface area contributed by atoms with Crippen LogP contribution in [0.15, 0.2) is 83.3 Å². The lowest BCUT2D eigenvalue weighted by atomic mass is 9.73. The number of hydrogen-bond acceptors (Lipinski definition) is 3. The zero-order chi connectivity index (χ0) is 22.3. The minimum atomic E-state index is -3.68. The van der Waals surface area contributed by atoms with Gasteiger partial charge in [-0.25, -0.2) is 8.42 Å². The summed E-state index contributed by atoms with van der Waals surface area (Å²) in [6.45, 7) is 2.54. The molecule has 3 aromatic rings. The van der Waals surface area contributed by atoms with Crippen molar-refractivity contribution in [2.75, 3.05) is 13.1 Å². The van der Waals surface area contributed by atoms with Crippen molar-refractivity contribution < 1.29 is 13.2 Å². The van der Waals surface area contributed by atoms with E-state index in [1.54, 1.807) is 12.1 Å². The predicted molar refractivity (Wildman–Crippen MR) is 127 cm³/mol. The van der Waals surface area contributed by atoms with Crippen molar-refractivity contribution in [2.24, 2.45) is 11.8 Å². The molecule has 1 saturated heterocycles. The maximum atomic E-state index is 13.9. The zero-order valence-electron chi connectivity index (χ0n) is 18.2. The van der Waals surface area contributed by atoms with Crippen molar-refractivity contribution in [1.82, 2.24) is 4.31 Å². The maximum absolute atomic E-state index is 13.9. The van der Waals surface area contributed by atoms with Crippen LogP contribution in [-0.2, 0) is 10.0 Å². The highest BCUT2D eigenvalue weighted by Gasteiger charge is 2.42. The Balaban J connectivity index is 1.55. The number of hydrogen-bond donors (Lipinski definition) is 0. The Labute approximate surface area is 189 Å². The summed E-state index contributed by atoms with van der Waals surface area (Å²) < 4.78 is 28.5. The molecule has 2 aliphatic rings. The smallest absolute Gasteiger partial charge is 0.243 e. The van der Waals surface area contributed by atoms with Crippen LogP contribution in [0.5, 0.6) is 0 Å². The Hall–Kier alpha value is -2.76. The lowest BCUT2D eigenvalue weighted by Crippen LogP contribution is -2.48. The van der Waals surface area contributed by atoms with Gasteiger partial charge < -0.3 is 0 Å². The van der Waals surface area contributed by atoms with E-state index in [2.05, 4.69) is 6.08 Å². The van der Waals surface area contributed by atoms with Crippen molar-refractivity contribution in [1.29, 1.82) is 0 Å². The summed E-state index contributed by atoms with van der Waals surface area (Å²) in [6, 6.07) is 20.7. The van der Waals surface area contributed by atoms with Gasteiger partial charge in [0.25, 0.3) is 0 Å². The second-order valence-electron chi connectivity index (χ2n) is 8.92. The average molecular weight is 446 g/mol. The van der Waals surface area contributed by atoms with E-state index in [9.17, 15) is 13.2 Å². The maximum Gasteiger partial charge on any atom is 0.243 e. The van der Waals surface area contributed by atoms with E-state index in [4.69, 9.17) is 0 Å². The standard InChI is InChI=1S/C27H27NO3S/c1-19-13-15-22(16-14-19)32(30,31)28-17-21-8-3-5-11-24(21)26(18-28)27(29)25-12-6-9-20-7-2-4-10-23(20)25/h2,4,6-10,12-16,24,26H,3,5,11,17-18H2,1H3/t24-,26-/m1/s1. The molecule has 5 rings (SSSR count). The number of Topliss-reactive ketones (excluding diaryl/α,β-unsaturated/α-hetero) is 1. The molecule has 0 unspecified atom stereocenters. The molecule has 32 heavy (non-hydrogen) atoms. The molecule has 5 heteroatoms. The quantitative estimate of drug-likeness (QED) is 0.400. The van der Waals surface area contributed by atoms with Crippen LogP contribution in [-0.4, -0.2) is 31.6 Å². The van der Waals surface area contributed by atoms with Gasteiger partial charge in [-0.3, -0.25) is 4.79 Å². The molecule has 2 atom stereocenters. The summed E-state index contributed by atoms with van der Waals surface area (Å²) in [4.78, 5) is 14.2. The van der Waals surface area contributed by atoms with E-state index in [1.165, 1.54) is 4.31 Å². The van der Waals surface area contributed by atoms with Gasteiger partial charge in [0.2, 0.25) is 10.0 Å². The third-order valence-corrected chi connectivity index (χ3v) is 8.72. The van der Waals surface area contributed by atoms with E-state index in [1.807, 2.05) is 61.5 Å². The molecule has 1 heterocycles. The Morgan fingerprint density at radius 2 is 1.72 bits per heavy atom. The fraction of sp³-hybridized carbons (Fsp3) is 0.296. The van der Waals surface area contributed by atoms with E-state index in [-0.39, 0.29) is 29.1 Å². The number of carbonyl (C=O) groups is 1. The molecule has 1 aliphatic heterocycles. The second kappa shape index (κ2) is 8.30. The van der Waals surface area contributed by atoms with Gasteiger partial charge in [0.1, 0.15) is 0 Å². The topological polar surface area (TPSA) is 54.5 Å². The van der Waals surface area contributed by atoms with Crippen LogP contribution in [0.4, 0.5) is 0 Å². The van der Waals surface area contributed by atoms with E-state index in [0.717, 1.165) is 41.2 Å². The van der Waals surface area contributed by atoms with Crippen molar-refractivity contribution >= 4 is 26.6 Å². The number of piperidine rings is 1. The van der Waals surface area contributed by atoms with Gasteiger partial charge in [0.05, 0.1) is 4.90 Å². The molecule has 1 aliphatic carbocycles. The zero-order valence-corrected chi connectivity index (χ0v) is 19.0. The van der Waals surface area contributed by atoms with Gasteiger partial charge in [-0.1, -0.05) is 71.8 Å². The third-order valence-electron chi connectivity index (χ3n) is 6.90. The average Bonchev–Trinajstić information content (AvgIpc) is 2.83. The van der Waals surface area contributed by atoms with Crippen LogP contribution in [0.25, 0.3) is 10.8 Å². The Morgan fingerprint density at radius 3 is 2.53 bits per heavy atom. The van der Waals surface area contributed by atoms with Crippen LogP contribution >= 0.6 is 0 Å². The summed E-state index contributed by atoms with van der Waals surface area (Å²) in [5, 5.41) is 1.96. The molecule has 0 amide bonds. The first-order valence-electron chi connectivity index (χ1n) is 11.2. The third kappa shape index (κ3) is 3.70. The number of ketones is 1. The predicted octanol–water partition coefficient (Wildman–Crippen LogP) is 5.38. The van der Waals surface area contributed by atoms with Gasteiger partial charge in [0, 0.05) is 24.6 Å². The van der Waals surface area contributed by atoms with E-state index < -0.39 is 10.0 Å². The minimum absolute atomic E-state index is 0.0448. The van der Waals surface area contributed by atoms with Crippen LogP contribution in [0.2, 0.25) is 0 Å². The van der Waals surface area contributed by atoms with Crippen LogP contribution in [0.1, 0.15) is 35.2 Å². The monoisotopic (exact) mass is 445 g/mol. The number of rotatable bonds is 4. The number of allylic oxidation sites excluding steroid dienone is 1. The van der Waals surface area contributed by atoms with Crippen molar-refractivity contribution in [3.8, 4) is 0 Å². The number of benzene rings is 3. The highest BCUT2D eigenvalue weighted by atomic mass is 32.2. The first-order valence-corrected chi connectivity index (χ1v) is 12.7. The van der Waals surface area contributed by atoms with Crippen molar-refractivity contribution in [2.45, 2.75) is 31.1 Å². The van der Waals surface area contributed by atoms with Crippen LogP contribution in [0.3, 0.4) is 0 Å². The molecule has 0 bridgehead atoms. The lowest BCUT2D eigenvalue weighted by Gasteiger charge is -2.41. The molecule has 0 radical (unpaired) electrons. The van der Waals surface area contributed by atoms with E-state index >= 15 is 0 Å². The van der Waals surface area contributed by atoms with Gasteiger partial charge >= 0.3 is 0 Å². The Morgan fingerprint density at radius 1 is 0.969 bits per heavy atom. The lowest BCUT2D eigenvalue weighted by molar-refractivity contribution is 0.0831. The summed E-state index contributed by atoms with van der Waals surface area (Å²) >= 11 is 0. The number of fused-ring (bicyclic) bond motifs is 2. The second-order valence-corrected chi connectivity index (χ2v) is 10.9. The Bertz CT molecular complexity index is 1300. The number of sulfonamides is 1. The van der Waals surface area contributed by atoms with Crippen molar-refractivity contribution in [3.63, 3.8) is 0 Å². The highest BCUT2D eigenvalue weighted by Crippen LogP contribution is 2.40. The number of carbonyl (C=O) groups excluding carboxylic acids is 1. The van der Waals surface area contributed by atoms with Crippen LogP contribution in [0, 0.1) is 18.8 Å². The fourth-order valence-corrected chi connectivity index (χ4v) is 6.62. The molecular formula is C27H27NO3S. The normalized spacial score (nSPS) is 21.7. The molecular weight excluding hydrogens is 418 g/mol. The van der Waals surface area contributed by atoms with Gasteiger partial charge in [-0.05, 0) is 55.0 Å². The number of nitrogens with zero attached hydrogens (tertiary/aromatic N) is 1. The molecule has 0 saturated carbocycles. The molecule has 164 valence electrons.